The summed E-state index contributed by atoms with van der Waals surface area (Å²) in [6.45, 7) is 6.72. The lowest BCUT2D eigenvalue weighted by Gasteiger charge is -2.15. The normalized spacial score (nSPS) is 12.2. The molecule has 1 aromatic carbocycles. The van der Waals surface area contributed by atoms with Gasteiger partial charge in [-0.25, -0.2) is 0 Å². The van der Waals surface area contributed by atoms with Crippen LogP contribution in [-0.4, -0.2) is 12.5 Å². The number of benzene rings is 1. The molecule has 3 nitrogen and oxygen atoms in total. The fraction of sp³-hybridized carbons (Fsp3) is 0.533. The standard InChI is InChI=1S/C15H24N2O/c1-4-5-13(6-7-16)15(18)17-14-9-11(2)8-12(3)10-14/h8-10,13H,4-7,16H2,1-3H3,(H,17,18). The van der Waals surface area contributed by atoms with Crippen LogP contribution >= 0.6 is 0 Å². The predicted molar refractivity (Wildman–Crippen MR) is 76.6 cm³/mol. The van der Waals surface area contributed by atoms with E-state index < -0.39 is 0 Å². The van der Waals surface area contributed by atoms with Crippen molar-refractivity contribution in [2.45, 2.75) is 40.0 Å². The molecule has 0 aliphatic heterocycles. The lowest BCUT2D eigenvalue weighted by Crippen LogP contribution is -2.25. The second kappa shape index (κ2) is 7.17. The molecule has 0 bridgehead atoms. The number of hydrogen-bond acceptors (Lipinski definition) is 2. The highest BCUT2D eigenvalue weighted by Gasteiger charge is 2.16. The fourth-order valence-electron chi connectivity index (χ4n) is 2.25. The summed E-state index contributed by atoms with van der Waals surface area (Å²) in [6.07, 6.45) is 2.66. The molecule has 100 valence electrons. The Labute approximate surface area is 110 Å². The number of hydrogen-bond donors (Lipinski definition) is 2. The number of nitrogens with two attached hydrogens (primary N) is 1. The van der Waals surface area contributed by atoms with Crippen LogP contribution < -0.4 is 11.1 Å². The second-order valence-electron chi connectivity index (χ2n) is 4.93. The molecule has 3 N–H and O–H groups in total. The van der Waals surface area contributed by atoms with E-state index in [1.54, 1.807) is 0 Å². The minimum Gasteiger partial charge on any atom is -0.330 e. The summed E-state index contributed by atoms with van der Waals surface area (Å²) in [4.78, 5) is 12.1. The fourth-order valence-corrected chi connectivity index (χ4v) is 2.25. The highest BCUT2D eigenvalue weighted by atomic mass is 16.1. The first-order chi connectivity index (χ1) is 8.56. The molecule has 0 heterocycles. The van der Waals surface area contributed by atoms with Crippen molar-refractivity contribution < 1.29 is 4.79 Å². The van der Waals surface area contributed by atoms with E-state index in [9.17, 15) is 4.79 Å². The van der Waals surface area contributed by atoms with Crippen molar-refractivity contribution in [3.63, 3.8) is 0 Å². The quantitative estimate of drug-likeness (QED) is 0.813. The molecule has 1 atom stereocenters. The van der Waals surface area contributed by atoms with Gasteiger partial charge in [-0.3, -0.25) is 4.79 Å². The molecule has 1 rings (SSSR count). The first-order valence-corrected chi connectivity index (χ1v) is 6.66. The van der Waals surface area contributed by atoms with Crippen molar-refractivity contribution in [2.24, 2.45) is 11.7 Å². The van der Waals surface area contributed by atoms with Crippen molar-refractivity contribution in [3.8, 4) is 0 Å². The Morgan fingerprint density at radius 2 is 1.83 bits per heavy atom. The van der Waals surface area contributed by atoms with Gasteiger partial charge in [-0.05, 0) is 56.5 Å². The van der Waals surface area contributed by atoms with Crippen LogP contribution in [0.5, 0.6) is 0 Å². The van der Waals surface area contributed by atoms with Gasteiger partial charge in [-0.1, -0.05) is 19.4 Å². The van der Waals surface area contributed by atoms with Crippen LogP contribution in [0.2, 0.25) is 0 Å². The number of aryl methyl sites for hydroxylation is 2. The Balaban J connectivity index is 2.72. The largest absolute Gasteiger partial charge is 0.330 e. The van der Waals surface area contributed by atoms with Gasteiger partial charge >= 0.3 is 0 Å². The first kappa shape index (κ1) is 14.7. The summed E-state index contributed by atoms with van der Waals surface area (Å²) in [5.41, 5.74) is 8.77. The Morgan fingerprint density at radius 1 is 1.22 bits per heavy atom. The number of anilines is 1. The van der Waals surface area contributed by atoms with Crippen molar-refractivity contribution >= 4 is 11.6 Å². The van der Waals surface area contributed by atoms with Gasteiger partial charge in [0.05, 0.1) is 0 Å². The molecule has 0 aromatic heterocycles. The molecule has 18 heavy (non-hydrogen) atoms. The van der Waals surface area contributed by atoms with Crippen molar-refractivity contribution in [1.29, 1.82) is 0 Å². The van der Waals surface area contributed by atoms with E-state index in [4.69, 9.17) is 5.73 Å². The molecule has 1 amide bonds. The summed E-state index contributed by atoms with van der Waals surface area (Å²) in [6, 6.07) is 6.09. The van der Waals surface area contributed by atoms with E-state index in [2.05, 4.69) is 18.3 Å². The number of amides is 1. The molecular weight excluding hydrogens is 224 g/mol. The third kappa shape index (κ3) is 4.49. The highest BCUT2D eigenvalue weighted by Crippen LogP contribution is 2.17. The molecule has 0 radical (unpaired) electrons. The summed E-state index contributed by atoms with van der Waals surface area (Å²) < 4.78 is 0. The average molecular weight is 248 g/mol. The molecule has 0 aliphatic carbocycles. The summed E-state index contributed by atoms with van der Waals surface area (Å²) >= 11 is 0. The minimum atomic E-state index is 0.0285. The van der Waals surface area contributed by atoms with Crippen LogP contribution in [0.3, 0.4) is 0 Å². The third-order valence-corrected chi connectivity index (χ3v) is 3.01. The van der Waals surface area contributed by atoms with Gasteiger partial charge in [-0.2, -0.15) is 0 Å². The van der Waals surface area contributed by atoms with E-state index in [1.165, 1.54) is 0 Å². The highest BCUT2D eigenvalue weighted by molar-refractivity contribution is 5.92. The monoisotopic (exact) mass is 248 g/mol. The van der Waals surface area contributed by atoms with Gasteiger partial charge in [0.15, 0.2) is 0 Å². The Bertz CT molecular complexity index is 375. The van der Waals surface area contributed by atoms with Gasteiger partial charge in [0.25, 0.3) is 0 Å². The smallest absolute Gasteiger partial charge is 0.227 e. The average Bonchev–Trinajstić information content (AvgIpc) is 2.27. The van der Waals surface area contributed by atoms with Crippen LogP contribution in [0.15, 0.2) is 18.2 Å². The molecule has 0 fully saturated rings. The first-order valence-electron chi connectivity index (χ1n) is 6.66. The van der Waals surface area contributed by atoms with Gasteiger partial charge in [-0.15, -0.1) is 0 Å². The van der Waals surface area contributed by atoms with Crippen LogP contribution in [0, 0.1) is 19.8 Å². The maximum absolute atomic E-state index is 12.1. The van der Waals surface area contributed by atoms with E-state index in [0.29, 0.717) is 6.54 Å². The maximum atomic E-state index is 12.1. The Kier molecular flexibility index (Phi) is 5.86. The molecular formula is C15H24N2O. The van der Waals surface area contributed by atoms with Crippen LogP contribution in [-0.2, 0) is 4.79 Å². The Hall–Kier alpha value is -1.35. The maximum Gasteiger partial charge on any atom is 0.227 e. The zero-order valence-electron chi connectivity index (χ0n) is 11.6. The van der Waals surface area contributed by atoms with Gasteiger partial charge in [0, 0.05) is 11.6 Å². The van der Waals surface area contributed by atoms with Crippen molar-refractivity contribution in [1.82, 2.24) is 0 Å². The van der Waals surface area contributed by atoms with E-state index in [1.807, 2.05) is 26.0 Å². The van der Waals surface area contributed by atoms with Crippen molar-refractivity contribution in [2.75, 3.05) is 11.9 Å². The lowest BCUT2D eigenvalue weighted by atomic mass is 9.98. The molecule has 0 saturated heterocycles. The van der Waals surface area contributed by atoms with Gasteiger partial charge in [0.2, 0.25) is 5.91 Å². The van der Waals surface area contributed by atoms with E-state index >= 15 is 0 Å². The zero-order valence-corrected chi connectivity index (χ0v) is 11.6. The van der Waals surface area contributed by atoms with Gasteiger partial charge in [0.1, 0.15) is 0 Å². The number of rotatable bonds is 6. The van der Waals surface area contributed by atoms with Crippen LogP contribution in [0.4, 0.5) is 5.69 Å². The van der Waals surface area contributed by atoms with Crippen LogP contribution in [0.1, 0.15) is 37.3 Å². The molecule has 0 spiro atoms. The number of carbonyl (C=O) groups is 1. The topological polar surface area (TPSA) is 55.1 Å². The third-order valence-electron chi connectivity index (χ3n) is 3.01. The lowest BCUT2D eigenvalue weighted by molar-refractivity contribution is -0.120. The van der Waals surface area contributed by atoms with Crippen molar-refractivity contribution in [3.05, 3.63) is 29.3 Å². The number of carbonyl (C=O) groups excluding carboxylic acids is 1. The summed E-state index contributed by atoms with van der Waals surface area (Å²) in [7, 11) is 0. The predicted octanol–water partition coefficient (Wildman–Crippen LogP) is 3.01. The second-order valence-corrected chi connectivity index (χ2v) is 4.93. The molecule has 1 aromatic rings. The Morgan fingerprint density at radius 3 is 2.33 bits per heavy atom. The summed E-state index contributed by atoms with van der Waals surface area (Å²) in [5, 5.41) is 3.00. The zero-order chi connectivity index (χ0) is 13.5. The summed E-state index contributed by atoms with van der Waals surface area (Å²) in [5.74, 6) is 0.119. The SMILES string of the molecule is CCCC(CCN)C(=O)Nc1cc(C)cc(C)c1. The molecule has 3 heteroatoms. The molecule has 0 aliphatic rings. The minimum absolute atomic E-state index is 0.0285. The molecule has 0 saturated carbocycles. The van der Waals surface area contributed by atoms with E-state index in [0.717, 1.165) is 36.1 Å². The van der Waals surface area contributed by atoms with Crippen LogP contribution in [0.25, 0.3) is 0 Å². The van der Waals surface area contributed by atoms with Gasteiger partial charge < -0.3 is 11.1 Å². The number of nitrogens with one attached hydrogen (secondary N) is 1. The van der Waals surface area contributed by atoms with E-state index in [-0.39, 0.29) is 11.8 Å². The molecule has 1 unspecified atom stereocenters.